The maximum absolute atomic E-state index is 12.9. The number of pyridine rings is 1. The molecule has 0 unspecified atom stereocenters. The smallest absolute Gasteiger partial charge is 0.255 e. The number of piperidine rings is 2. The number of carbonyl (C=O) groups excluding carboxylic acids is 3. The van der Waals surface area contributed by atoms with Crippen molar-refractivity contribution in [3.63, 3.8) is 0 Å². The molecule has 2 aromatic rings. The third-order valence-corrected chi connectivity index (χ3v) is 8.41. The lowest BCUT2D eigenvalue weighted by molar-refractivity contribution is -0.160. The first kappa shape index (κ1) is 23.2. The van der Waals surface area contributed by atoms with Gasteiger partial charge in [-0.3, -0.25) is 24.7 Å². The van der Waals surface area contributed by atoms with E-state index in [-0.39, 0.29) is 29.7 Å². The third kappa shape index (κ3) is 4.07. The van der Waals surface area contributed by atoms with Gasteiger partial charge in [-0.25, -0.2) is 0 Å². The second kappa shape index (κ2) is 9.32. The topological polar surface area (TPSA) is 101 Å². The minimum atomic E-state index is -0.848. The number of aromatic nitrogens is 1. The van der Waals surface area contributed by atoms with Crippen LogP contribution in [0.15, 0.2) is 42.7 Å². The van der Waals surface area contributed by atoms with Crippen molar-refractivity contribution in [2.45, 2.75) is 69.1 Å². The number of benzene rings is 1. The van der Waals surface area contributed by atoms with Gasteiger partial charge in [-0.2, -0.15) is 0 Å². The molecule has 0 radical (unpaired) electrons. The standard InChI is InChI=1S/C20H22N2O4.C8H10N2/c23-17-13-9-20(10-13,19(25)21-17)22-11-12-8-15(6-7-16(12)18(22)24)26-14-4-2-1-3-5-14;1-3-9-4-2-7(1)8-5-10-6-8/h6-8,13-14H,1-5,9-11H2,(H,21,23,25);1-4,8,10H,5-6H2. The second-order valence-corrected chi connectivity index (χ2v) is 10.7. The summed E-state index contributed by atoms with van der Waals surface area (Å²) in [6.07, 6.45) is 10.7. The van der Waals surface area contributed by atoms with Gasteiger partial charge in [0, 0.05) is 49.4 Å². The van der Waals surface area contributed by atoms with E-state index >= 15 is 0 Å². The van der Waals surface area contributed by atoms with Gasteiger partial charge < -0.3 is 15.0 Å². The van der Waals surface area contributed by atoms with Gasteiger partial charge in [-0.15, -0.1) is 0 Å². The minimum absolute atomic E-state index is 0.118. The van der Waals surface area contributed by atoms with Gasteiger partial charge in [-0.1, -0.05) is 6.42 Å². The molecule has 3 saturated heterocycles. The second-order valence-electron chi connectivity index (χ2n) is 10.7. The summed E-state index contributed by atoms with van der Waals surface area (Å²) < 4.78 is 6.11. The van der Waals surface area contributed by atoms with Gasteiger partial charge in [-0.05, 0) is 80.0 Å². The van der Waals surface area contributed by atoms with Crippen LogP contribution in [0.4, 0.5) is 0 Å². The fraction of sp³-hybridized carbons (Fsp3) is 0.500. The Hall–Kier alpha value is -3.26. The zero-order valence-corrected chi connectivity index (χ0v) is 20.4. The lowest BCUT2D eigenvalue weighted by atomic mass is 9.63. The highest BCUT2D eigenvalue weighted by Crippen LogP contribution is 2.49. The first-order chi connectivity index (χ1) is 17.5. The molecule has 6 aliphatic rings. The summed E-state index contributed by atoms with van der Waals surface area (Å²) in [6.45, 7) is 2.67. The van der Waals surface area contributed by atoms with Crippen LogP contribution >= 0.6 is 0 Å². The first-order valence-electron chi connectivity index (χ1n) is 13.1. The van der Waals surface area contributed by atoms with E-state index in [2.05, 4.69) is 27.8 Å². The predicted molar refractivity (Wildman–Crippen MR) is 132 cm³/mol. The number of nitrogens with one attached hydrogen (secondary N) is 2. The largest absolute Gasteiger partial charge is 0.490 e. The number of nitrogens with zero attached hydrogens (tertiary/aromatic N) is 2. The fourth-order valence-corrected chi connectivity index (χ4v) is 6.05. The Kier molecular flexibility index (Phi) is 5.99. The van der Waals surface area contributed by atoms with E-state index in [1.54, 1.807) is 4.90 Å². The molecule has 36 heavy (non-hydrogen) atoms. The number of hydrogen-bond donors (Lipinski definition) is 2. The van der Waals surface area contributed by atoms with Crippen LogP contribution < -0.4 is 15.4 Å². The van der Waals surface area contributed by atoms with E-state index in [0.717, 1.165) is 43.2 Å². The van der Waals surface area contributed by atoms with Crippen LogP contribution in [0.3, 0.4) is 0 Å². The van der Waals surface area contributed by atoms with Crippen LogP contribution in [-0.2, 0) is 16.1 Å². The summed E-state index contributed by atoms with van der Waals surface area (Å²) >= 11 is 0. The lowest BCUT2D eigenvalue weighted by Crippen LogP contribution is -2.73. The highest BCUT2D eigenvalue weighted by atomic mass is 16.5. The van der Waals surface area contributed by atoms with Gasteiger partial charge in [0.2, 0.25) is 5.91 Å². The summed E-state index contributed by atoms with van der Waals surface area (Å²) in [5, 5.41) is 5.65. The molecular weight excluding hydrogens is 456 g/mol. The van der Waals surface area contributed by atoms with Crippen LogP contribution in [0.1, 0.15) is 72.3 Å². The van der Waals surface area contributed by atoms with E-state index in [0.29, 0.717) is 24.9 Å². The van der Waals surface area contributed by atoms with Crippen LogP contribution in [0.25, 0.3) is 0 Å². The summed E-state index contributed by atoms with van der Waals surface area (Å²) in [7, 11) is 0. The van der Waals surface area contributed by atoms with Gasteiger partial charge >= 0.3 is 0 Å². The van der Waals surface area contributed by atoms with Crippen molar-refractivity contribution >= 4 is 17.7 Å². The molecule has 8 heteroatoms. The van der Waals surface area contributed by atoms with Crippen molar-refractivity contribution in [1.29, 1.82) is 0 Å². The molecular formula is C28H32N4O4. The fourth-order valence-electron chi connectivity index (χ4n) is 6.05. The van der Waals surface area contributed by atoms with Crippen LogP contribution in [0.2, 0.25) is 0 Å². The van der Waals surface area contributed by atoms with Crippen molar-refractivity contribution < 1.29 is 19.1 Å². The molecule has 1 aromatic heterocycles. The molecule has 2 aliphatic carbocycles. The molecule has 2 N–H and O–H groups in total. The summed E-state index contributed by atoms with van der Waals surface area (Å²) in [6, 6.07) is 9.80. The number of ether oxygens (including phenoxy) is 1. The van der Waals surface area contributed by atoms with E-state index in [4.69, 9.17) is 4.74 Å². The first-order valence-corrected chi connectivity index (χ1v) is 13.1. The molecule has 5 fully saturated rings. The normalized spacial score (nSPS) is 27.3. The molecule has 188 valence electrons. The SMILES string of the molecule is O=C1NC(=O)C2(N3Cc4cc(OC5CCCCC5)ccc4C3=O)CC1C2.c1cc(C2CNC2)ccn1. The zero-order valence-electron chi connectivity index (χ0n) is 20.4. The number of amides is 3. The highest BCUT2D eigenvalue weighted by Gasteiger charge is 2.62. The van der Waals surface area contributed by atoms with Crippen molar-refractivity contribution in [1.82, 2.24) is 20.5 Å². The van der Waals surface area contributed by atoms with E-state index in [1.807, 2.05) is 30.6 Å². The lowest BCUT2D eigenvalue weighted by Gasteiger charge is -2.53. The molecule has 0 atom stereocenters. The molecule has 1 aromatic carbocycles. The number of hydrogen-bond acceptors (Lipinski definition) is 6. The zero-order chi connectivity index (χ0) is 24.7. The van der Waals surface area contributed by atoms with Crippen LogP contribution in [-0.4, -0.2) is 52.3 Å². The Morgan fingerprint density at radius 3 is 2.36 bits per heavy atom. The van der Waals surface area contributed by atoms with Crippen molar-refractivity contribution in [3.05, 3.63) is 59.4 Å². The number of rotatable bonds is 4. The number of imide groups is 1. The third-order valence-electron chi connectivity index (χ3n) is 8.41. The predicted octanol–water partition coefficient (Wildman–Crippen LogP) is 2.93. The van der Waals surface area contributed by atoms with Crippen molar-refractivity contribution in [3.8, 4) is 5.75 Å². The van der Waals surface area contributed by atoms with Crippen molar-refractivity contribution in [2.24, 2.45) is 5.92 Å². The Morgan fingerprint density at radius 1 is 0.944 bits per heavy atom. The molecule has 4 aliphatic heterocycles. The van der Waals surface area contributed by atoms with E-state index in [1.165, 1.54) is 24.8 Å². The maximum atomic E-state index is 12.9. The Labute approximate surface area is 210 Å². The summed E-state index contributed by atoms with van der Waals surface area (Å²) in [5.74, 6) is 0.746. The van der Waals surface area contributed by atoms with Gasteiger partial charge in [0.05, 0.1) is 6.10 Å². The van der Waals surface area contributed by atoms with E-state index in [9.17, 15) is 14.4 Å². The Bertz CT molecular complexity index is 1170. The Morgan fingerprint density at radius 2 is 1.69 bits per heavy atom. The summed E-state index contributed by atoms with van der Waals surface area (Å²) in [4.78, 5) is 42.6. The van der Waals surface area contributed by atoms with Crippen LogP contribution in [0, 0.1) is 5.92 Å². The monoisotopic (exact) mass is 488 g/mol. The van der Waals surface area contributed by atoms with Crippen LogP contribution in [0.5, 0.6) is 5.75 Å². The quantitative estimate of drug-likeness (QED) is 0.642. The number of carbonyl (C=O) groups is 3. The molecule has 0 spiro atoms. The molecule has 2 saturated carbocycles. The molecule has 3 amide bonds. The maximum Gasteiger partial charge on any atom is 0.255 e. The van der Waals surface area contributed by atoms with Gasteiger partial charge in [0.25, 0.3) is 11.8 Å². The average molecular weight is 489 g/mol. The molecule has 8 nitrogen and oxygen atoms in total. The molecule has 8 rings (SSSR count). The summed E-state index contributed by atoms with van der Waals surface area (Å²) in [5.41, 5.74) is 2.11. The highest BCUT2D eigenvalue weighted by molar-refractivity contribution is 6.10. The van der Waals surface area contributed by atoms with E-state index < -0.39 is 5.54 Å². The Balaban J connectivity index is 0.000000200. The van der Waals surface area contributed by atoms with Gasteiger partial charge in [0.15, 0.2) is 0 Å². The average Bonchev–Trinajstić information content (AvgIpc) is 3.15. The molecule has 5 heterocycles. The van der Waals surface area contributed by atoms with Gasteiger partial charge in [0.1, 0.15) is 11.3 Å². The molecule has 2 bridgehead atoms. The number of fused-ring (bicyclic) bond motifs is 3. The minimum Gasteiger partial charge on any atom is -0.490 e. The van der Waals surface area contributed by atoms with Crippen molar-refractivity contribution in [2.75, 3.05) is 13.1 Å².